The summed E-state index contributed by atoms with van der Waals surface area (Å²) in [6.45, 7) is 2.04. The highest BCUT2D eigenvalue weighted by molar-refractivity contribution is 9.10. The van der Waals surface area contributed by atoms with E-state index in [1.54, 1.807) is 6.20 Å². The Morgan fingerprint density at radius 1 is 1.69 bits per heavy atom. The molecule has 0 aliphatic rings. The number of hydrogen-bond acceptors (Lipinski definition) is 2. The fourth-order valence-electron chi connectivity index (χ4n) is 0.901. The lowest BCUT2D eigenvalue weighted by atomic mass is 10.2. The normalized spacial score (nSPS) is 11.8. The standard InChI is InChI=1S/C10H11BrN2/c1-3-9(4-2)13-10-6-5-8(11)7-12-10/h1,5-7,9H,4H2,2H3,(H,12,13). The van der Waals surface area contributed by atoms with Crippen molar-refractivity contribution in [1.82, 2.24) is 4.98 Å². The van der Waals surface area contributed by atoms with E-state index in [-0.39, 0.29) is 6.04 Å². The molecule has 1 atom stereocenters. The Bertz CT molecular complexity index is 300. The summed E-state index contributed by atoms with van der Waals surface area (Å²) in [4.78, 5) is 4.16. The summed E-state index contributed by atoms with van der Waals surface area (Å²) in [6.07, 6.45) is 7.95. The summed E-state index contributed by atoms with van der Waals surface area (Å²) in [5.74, 6) is 3.46. The Hall–Kier alpha value is -1.01. The van der Waals surface area contributed by atoms with Gasteiger partial charge in [-0.1, -0.05) is 12.8 Å². The largest absolute Gasteiger partial charge is 0.356 e. The summed E-state index contributed by atoms with van der Waals surface area (Å²) in [6, 6.07) is 3.89. The molecular weight excluding hydrogens is 228 g/mol. The van der Waals surface area contributed by atoms with Crippen molar-refractivity contribution in [3.63, 3.8) is 0 Å². The summed E-state index contributed by atoms with van der Waals surface area (Å²) >= 11 is 3.32. The molecule has 68 valence electrons. The van der Waals surface area contributed by atoms with E-state index in [1.807, 2.05) is 19.1 Å². The number of anilines is 1. The predicted molar refractivity (Wildman–Crippen MR) is 58.5 cm³/mol. The molecule has 13 heavy (non-hydrogen) atoms. The first-order valence-corrected chi connectivity index (χ1v) is 4.89. The van der Waals surface area contributed by atoms with Gasteiger partial charge in [0.1, 0.15) is 5.82 Å². The zero-order valence-corrected chi connectivity index (χ0v) is 9.01. The van der Waals surface area contributed by atoms with Crippen LogP contribution in [0.2, 0.25) is 0 Å². The summed E-state index contributed by atoms with van der Waals surface area (Å²) in [7, 11) is 0. The average molecular weight is 239 g/mol. The predicted octanol–water partition coefficient (Wildman–Crippen LogP) is 2.67. The van der Waals surface area contributed by atoms with Gasteiger partial charge in [-0.15, -0.1) is 6.42 Å². The van der Waals surface area contributed by atoms with Gasteiger partial charge < -0.3 is 5.32 Å². The van der Waals surface area contributed by atoms with E-state index in [0.29, 0.717) is 0 Å². The molecule has 0 amide bonds. The third-order valence-corrected chi connectivity index (χ3v) is 2.13. The van der Waals surface area contributed by atoms with Crippen molar-refractivity contribution < 1.29 is 0 Å². The maximum absolute atomic E-state index is 5.31. The van der Waals surface area contributed by atoms with Crippen LogP contribution in [0.1, 0.15) is 13.3 Å². The van der Waals surface area contributed by atoms with Gasteiger partial charge in [0.2, 0.25) is 0 Å². The molecule has 0 saturated heterocycles. The van der Waals surface area contributed by atoms with Crippen LogP contribution in [0.3, 0.4) is 0 Å². The lowest BCUT2D eigenvalue weighted by molar-refractivity contribution is 0.851. The molecule has 0 fully saturated rings. The van der Waals surface area contributed by atoms with Gasteiger partial charge in [0.25, 0.3) is 0 Å². The Morgan fingerprint density at radius 3 is 2.92 bits per heavy atom. The van der Waals surface area contributed by atoms with Gasteiger partial charge in [-0.3, -0.25) is 0 Å². The molecule has 0 bridgehead atoms. The first-order chi connectivity index (χ1) is 6.26. The van der Waals surface area contributed by atoms with E-state index in [1.165, 1.54) is 0 Å². The van der Waals surface area contributed by atoms with Gasteiger partial charge in [0.05, 0.1) is 6.04 Å². The monoisotopic (exact) mass is 238 g/mol. The highest BCUT2D eigenvalue weighted by atomic mass is 79.9. The number of terminal acetylenes is 1. The van der Waals surface area contributed by atoms with Crippen LogP contribution < -0.4 is 5.32 Å². The van der Waals surface area contributed by atoms with Gasteiger partial charge in [0, 0.05) is 10.7 Å². The zero-order chi connectivity index (χ0) is 9.68. The highest BCUT2D eigenvalue weighted by Crippen LogP contribution is 2.11. The maximum Gasteiger partial charge on any atom is 0.126 e. The summed E-state index contributed by atoms with van der Waals surface area (Å²) in [5, 5.41) is 3.14. The fourth-order valence-corrected chi connectivity index (χ4v) is 1.14. The number of hydrogen-bond donors (Lipinski definition) is 1. The van der Waals surface area contributed by atoms with Gasteiger partial charge in [-0.05, 0) is 34.5 Å². The molecule has 1 aromatic heterocycles. The third-order valence-electron chi connectivity index (χ3n) is 1.66. The molecule has 0 aliphatic carbocycles. The minimum atomic E-state index is 0.0636. The number of aromatic nitrogens is 1. The highest BCUT2D eigenvalue weighted by Gasteiger charge is 2.01. The van der Waals surface area contributed by atoms with Crippen molar-refractivity contribution in [2.45, 2.75) is 19.4 Å². The van der Waals surface area contributed by atoms with Crippen molar-refractivity contribution >= 4 is 21.7 Å². The van der Waals surface area contributed by atoms with Crippen LogP contribution in [0.5, 0.6) is 0 Å². The number of rotatable bonds is 3. The van der Waals surface area contributed by atoms with Crippen molar-refractivity contribution in [2.24, 2.45) is 0 Å². The van der Waals surface area contributed by atoms with Crippen molar-refractivity contribution in [2.75, 3.05) is 5.32 Å². The second kappa shape index (κ2) is 4.88. The molecule has 1 aromatic rings. The van der Waals surface area contributed by atoms with Gasteiger partial charge in [0.15, 0.2) is 0 Å². The molecule has 2 nitrogen and oxygen atoms in total. The van der Waals surface area contributed by atoms with Crippen LogP contribution >= 0.6 is 15.9 Å². The van der Waals surface area contributed by atoms with Crippen LogP contribution in [0.15, 0.2) is 22.8 Å². The van der Waals surface area contributed by atoms with Crippen LogP contribution in [-0.2, 0) is 0 Å². The smallest absolute Gasteiger partial charge is 0.126 e. The van der Waals surface area contributed by atoms with Crippen LogP contribution in [-0.4, -0.2) is 11.0 Å². The quantitative estimate of drug-likeness (QED) is 0.820. The minimum Gasteiger partial charge on any atom is -0.356 e. The number of halogens is 1. The number of nitrogens with zero attached hydrogens (tertiary/aromatic N) is 1. The topological polar surface area (TPSA) is 24.9 Å². The molecule has 0 radical (unpaired) electrons. The SMILES string of the molecule is C#CC(CC)Nc1ccc(Br)cn1. The first-order valence-electron chi connectivity index (χ1n) is 4.10. The lowest BCUT2D eigenvalue weighted by Gasteiger charge is -2.10. The maximum atomic E-state index is 5.31. The molecule has 0 aromatic carbocycles. The van der Waals surface area contributed by atoms with Gasteiger partial charge >= 0.3 is 0 Å². The van der Waals surface area contributed by atoms with Gasteiger partial charge in [-0.25, -0.2) is 4.98 Å². The molecule has 1 N–H and O–H groups in total. The summed E-state index contributed by atoms with van der Waals surface area (Å²) < 4.78 is 0.965. The van der Waals surface area contributed by atoms with E-state index in [4.69, 9.17) is 6.42 Å². The third kappa shape index (κ3) is 3.08. The summed E-state index contributed by atoms with van der Waals surface area (Å²) in [5.41, 5.74) is 0. The van der Waals surface area contributed by atoms with E-state index in [2.05, 4.69) is 32.2 Å². The van der Waals surface area contributed by atoms with Crippen molar-refractivity contribution in [3.8, 4) is 12.3 Å². The van der Waals surface area contributed by atoms with Crippen LogP contribution in [0.25, 0.3) is 0 Å². The van der Waals surface area contributed by atoms with Gasteiger partial charge in [-0.2, -0.15) is 0 Å². The van der Waals surface area contributed by atoms with E-state index < -0.39 is 0 Å². The Morgan fingerprint density at radius 2 is 2.46 bits per heavy atom. The number of nitrogens with one attached hydrogen (secondary N) is 1. The molecule has 0 spiro atoms. The van der Waals surface area contributed by atoms with Crippen LogP contribution in [0.4, 0.5) is 5.82 Å². The molecule has 1 heterocycles. The minimum absolute atomic E-state index is 0.0636. The van der Waals surface area contributed by atoms with Crippen molar-refractivity contribution in [3.05, 3.63) is 22.8 Å². The van der Waals surface area contributed by atoms with Crippen molar-refractivity contribution in [1.29, 1.82) is 0 Å². The second-order valence-corrected chi connectivity index (χ2v) is 3.55. The van der Waals surface area contributed by atoms with Crippen LogP contribution in [0, 0.1) is 12.3 Å². The van der Waals surface area contributed by atoms with E-state index in [9.17, 15) is 0 Å². The zero-order valence-electron chi connectivity index (χ0n) is 7.42. The molecule has 3 heteroatoms. The Balaban J connectivity index is 2.64. The first kappa shape index (κ1) is 10.1. The Labute approximate surface area is 86.9 Å². The Kier molecular flexibility index (Phi) is 3.78. The molecular formula is C10H11BrN2. The number of pyridine rings is 1. The fraction of sp³-hybridized carbons (Fsp3) is 0.300. The van der Waals surface area contributed by atoms with E-state index in [0.717, 1.165) is 16.7 Å². The molecule has 1 rings (SSSR count). The molecule has 0 saturated carbocycles. The molecule has 1 unspecified atom stereocenters. The second-order valence-electron chi connectivity index (χ2n) is 2.63. The molecule has 0 aliphatic heterocycles. The average Bonchev–Trinajstić information content (AvgIpc) is 2.17. The van der Waals surface area contributed by atoms with E-state index >= 15 is 0 Å². The lowest BCUT2D eigenvalue weighted by Crippen LogP contribution is -2.16.